The van der Waals surface area contributed by atoms with Crippen molar-refractivity contribution >= 4 is 34.4 Å². The molecule has 2 aromatic rings. The molecule has 0 saturated carbocycles. The van der Waals surface area contributed by atoms with Crippen LogP contribution in [0.1, 0.15) is 25.3 Å². The monoisotopic (exact) mass is 313 g/mol. The van der Waals surface area contributed by atoms with Crippen LogP contribution in [-0.4, -0.2) is 19.2 Å². The van der Waals surface area contributed by atoms with Crippen molar-refractivity contribution in [3.8, 4) is 0 Å². The molecular weight excluding hydrogens is 290 g/mol. The van der Waals surface area contributed by atoms with Crippen LogP contribution >= 0.6 is 12.2 Å². The highest BCUT2D eigenvalue weighted by Gasteiger charge is 2.03. The molecule has 0 atom stereocenters. The third kappa shape index (κ3) is 4.46. The summed E-state index contributed by atoms with van der Waals surface area (Å²) in [7, 11) is 4.05. The fourth-order valence-electron chi connectivity index (χ4n) is 2.11. The number of rotatable bonds is 4. The van der Waals surface area contributed by atoms with Crippen molar-refractivity contribution in [3.05, 3.63) is 54.1 Å². The average Bonchev–Trinajstić information content (AvgIpc) is 2.47. The van der Waals surface area contributed by atoms with E-state index in [1.165, 1.54) is 5.56 Å². The highest BCUT2D eigenvalue weighted by atomic mass is 32.1. The summed E-state index contributed by atoms with van der Waals surface area (Å²) in [5.41, 5.74) is 4.44. The summed E-state index contributed by atoms with van der Waals surface area (Å²) < 4.78 is 0. The number of nitrogens with zero attached hydrogens (tertiary/aromatic N) is 1. The highest BCUT2D eigenvalue weighted by Crippen LogP contribution is 2.19. The minimum Gasteiger partial charge on any atom is -0.378 e. The van der Waals surface area contributed by atoms with Gasteiger partial charge in [0, 0.05) is 31.2 Å². The Balaban J connectivity index is 1.99. The molecule has 0 radical (unpaired) electrons. The van der Waals surface area contributed by atoms with Gasteiger partial charge >= 0.3 is 0 Å². The first-order chi connectivity index (χ1) is 10.5. The van der Waals surface area contributed by atoms with Gasteiger partial charge in [0.15, 0.2) is 5.11 Å². The summed E-state index contributed by atoms with van der Waals surface area (Å²) in [6.07, 6.45) is 0. The standard InChI is InChI=1S/C18H23N3S/c1-13(2)14-6-5-7-16(12-14)20-18(22)19-15-8-10-17(11-9-15)21(3)4/h5-13H,1-4H3,(H2,19,20,22). The quantitative estimate of drug-likeness (QED) is 0.801. The average molecular weight is 313 g/mol. The van der Waals surface area contributed by atoms with E-state index in [0.29, 0.717) is 11.0 Å². The van der Waals surface area contributed by atoms with Gasteiger partial charge in [-0.05, 0) is 60.1 Å². The highest BCUT2D eigenvalue weighted by molar-refractivity contribution is 7.80. The van der Waals surface area contributed by atoms with Gasteiger partial charge in [-0.15, -0.1) is 0 Å². The summed E-state index contributed by atoms with van der Waals surface area (Å²) in [5, 5.41) is 7.04. The molecule has 0 fully saturated rings. The van der Waals surface area contributed by atoms with Gasteiger partial charge in [-0.1, -0.05) is 26.0 Å². The van der Waals surface area contributed by atoms with Gasteiger partial charge in [0.25, 0.3) is 0 Å². The lowest BCUT2D eigenvalue weighted by Gasteiger charge is -2.15. The molecule has 0 spiro atoms. The zero-order valence-electron chi connectivity index (χ0n) is 13.6. The van der Waals surface area contributed by atoms with Gasteiger partial charge in [0.05, 0.1) is 0 Å². The molecule has 0 unspecified atom stereocenters. The Labute approximate surface area is 138 Å². The van der Waals surface area contributed by atoms with Crippen molar-refractivity contribution in [2.24, 2.45) is 0 Å². The largest absolute Gasteiger partial charge is 0.378 e. The van der Waals surface area contributed by atoms with E-state index in [2.05, 4.69) is 53.6 Å². The molecule has 2 N–H and O–H groups in total. The predicted octanol–water partition coefficient (Wildman–Crippen LogP) is 4.68. The number of benzene rings is 2. The van der Waals surface area contributed by atoms with E-state index in [9.17, 15) is 0 Å². The number of hydrogen-bond acceptors (Lipinski definition) is 2. The van der Waals surface area contributed by atoms with Crippen LogP contribution < -0.4 is 15.5 Å². The smallest absolute Gasteiger partial charge is 0.175 e. The van der Waals surface area contributed by atoms with Gasteiger partial charge in [-0.3, -0.25) is 0 Å². The number of anilines is 3. The van der Waals surface area contributed by atoms with Crippen molar-refractivity contribution in [1.82, 2.24) is 0 Å². The Morgan fingerprint density at radius 3 is 2.18 bits per heavy atom. The van der Waals surface area contributed by atoms with Crippen molar-refractivity contribution in [2.75, 3.05) is 29.6 Å². The van der Waals surface area contributed by atoms with Gasteiger partial charge < -0.3 is 15.5 Å². The van der Waals surface area contributed by atoms with Gasteiger partial charge in [0.2, 0.25) is 0 Å². The van der Waals surface area contributed by atoms with E-state index in [1.54, 1.807) is 0 Å². The second-order valence-electron chi connectivity index (χ2n) is 5.80. The van der Waals surface area contributed by atoms with E-state index in [0.717, 1.165) is 17.1 Å². The Hall–Kier alpha value is -2.07. The Bertz CT molecular complexity index is 633. The number of nitrogens with one attached hydrogen (secondary N) is 2. The molecule has 2 aromatic carbocycles. The van der Waals surface area contributed by atoms with Gasteiger partial charge in [0.1, 0.15) is 0 Å². The van der Waals surface area contributed by atoms with E-state index in [4.69, 9.17) is 12.2 Å². The molecule has 0 aromatic heterocycles. The van der Waals surface area contributed by atoms with Crippen LogP contribution in [0.25, 0.3) is 0 Å². The van der Waals surface area contributed by atoms with Crippen LogP contribution in [0.15, 0.2) is 48.5 Å². The number of hydrogen-bond donors (Lipinski definition) is 2. The molecule has 0 bridgehead atoms. The first kappa shape index (κ1) is 16.3. The summed E-state index contributed by atoms with van der Waals surface area (Å²) in [6, 6.07) is 16.5. The van der Waals surface area contributed by atoms with E-state index < -0.39 is 0 Å². The molecule has 0 amide bonds. The van der Waals surface area contributed by atoms with Crippen LogP contribution in [0, 0.1) is 0 Å². The summed E-state index contributed by atoms with van der Waals surface area (Å²) in [6.45, 7) is 4.37. The van der Waals surface area contributed by atoms with E-state index in [-0.39, 0.29) is 0 Å². The molecule has 0 heterocycles. The van der Waals surface area contributed by atoms with Crippen LogP contribution in [0.5, 0.6) is 0 Å². The van der Waals surface area contributed by atoms with Crippen LogP contribution in [-0.2, 0) is 0 Å². The molecule has 3 nitrogen and oxygen atoms in total. The topological polar surface area (TPSA) is 27.3 Å². The zero-order chi connectivity index (χ0) is 16.1. The molecule has 0 aliphatic rings. The zero-order valence-corrected chi connectivity index (χ0v) is 14.4. The summed E-state index contributed by atoms with van der Waals surface area (Å²) >= 11 is 5.38. The molecule has 22 heavy (non-hydrogen) atoms. The molecule has 116 valence electrons. The van der Waals surface area contributed by atoms with E-state index in [1.807, 2.05) is 38.4 Å². The molecule has 4 heteroatoms. The van der Waals surface area contributed by atoms with Crippen LogP contribution in [0.4, 0.5) is 17.1 Å². The number of thiocarbonyl (C=S) groups is 1. The summed E-state index contributed by atoms with van der Waals surface area (Å²) in [5.74, 6) is 0.502. The van der Waals surface area contributed by atoms with E-state index >= 15 is 0 Å². The second kappa shape index (κ2) is 7.27. The molecular formula is C18H23N3S. The maximum atomic E-state index is 5.38. The lowest BCUT2D eigenvalue weighted by Crippen LogP contribution is -2.19. The van der Waals surface area contributed by atoms with Crippen LogP contribution in [0.2, 0.25) is 0 Å². The van der Waals surface area contributed by atoms with Crippen molar-refractivity contribution in [2.45, 2.75) is 19.8 Å². The molecule has 2 rings (SSSR count). The minimum atomic E-state index is 0.502. The Kier molecular flexibility index (Phi) is 5.39. The fourth-order valence-corrected chi connectivity index (χ4v) is 2.35. The Morgan fingerprint density at radius 2 is 1.59 bits per heavy atom. The predicted molar refractivity (Wildman–Crippen MR) is 101 cm³/mol. The minimum absolute atomic E-state index is 0.502. The molecule has 0 saturated heterocycles. The third-order valence-corrected chi connectivity index (χ3v) is 3.66. The van der Waals surface area contributed by atoms with Crippen molar-refractivity contribution < 1.29 is 0 Å². The molecule has 0 aliphatic carbocycles. The maximum Gasteiger partial charge on any atom is 0.175 e. The lowest BCUT2D eigenvalue weighted by atomic mass is 10.0. The molecule has 0 aliphatic heterocycles. The maximum absolute atomic E-state index is 5.38. The lowest BCUT2D eigenvalue weighted by molar-refractivity contribution is 0.867. The second-order valence-corrected chi connectivity index (χ2v) is 6.21. The van der Waals surface area contributed by atoms with Crippen molar-refractivity contribution in [1.29, 1.82) is 0 Å². The SMILES string of the molecule is CC(C)c1cccc(NC(=S)Nc2ccc(N(C)C)cc2)c1. The normalized spacial score (nSPS) is 10.4. The third-order valence-electron chi connectivity index (χ3n) is 3.45. The Morgan fingerprint density at radius 1 is 0.955 bits per heavy atom. The first-order valence-corrected chi connectivity index (χ1v) is 7.82. The fraction of sp³-hybridized carbons (Fsp3) is 0.278. The van der Waals surface area contributed by atoms with Crippen molar-refractivity contribution in [3.63, 3.8) is 0 Å². The van der Waals surface area contributed by atoms with Gasteiger partial charge in [-0.25, -0.2) is 0 Å². The first-order valence-electron chi connectivity index (χ1n) is 7.41. The van der Waals surface area contributed by atoms with Crippen LogP contribution in [0.3, 0.4) is 0 Å². The summed E-state index contributed by atoms with van der Waals surface area (Å²) in [4.78, 5) is 2.07. The van der Waals surface area contributed by atoms with Gasteiger partial charge in [-0.2, -0.15) is 0 Å².